The smallest absolute Gasteiger partial charge is 0.251 e. The van der Waals surface area contributed by atoms with E-state index in [0.29, 0.717) is 12.1 Å². The summed E-state index contributed by atoms with van der Waals surface area (Å²) in [5.41, 5.74) is 6.72. The maximum absolute atomic E-state index is 12.5. The van der Waals surface area contributed by atoms with Gasteiger partial charge in [0, 0.05) is 17.4 Å². The van der Waals surface area contributed by atoms with E-state index in [2.05, 4.69) is 51.9 Å². The van der Waals surface area contributed by atoms with Crippen LogP contribution in [0.3, 0.4) is 0 Å². The molecule has 0 bridgehead atoms. The van der Waals surface area contributed by atoms with E-state index in [-0.39, 0.29) is 5.91 Å². The van der Waals surface area contributed by atoms with Crippen molar-refractivity contribution < 1.29 is 4.79 Å². The fraction of sp³-hybridized carbons (Fsp3) is 0.174. The Bertz CT molecular complexity index is 1140. The minimum Gasteiger partial charge on any atom is -0.346 e. The largest absolute Gasteiger partial charge is 0.346 e. The maximum atomic E-state index is 12.5. The normalized spacial score (nSPS) is 11.0. The number of fused-ring (bicyclic) bond motifs is 1. The summed E-state index contributed by atoms with van der Waals surface area (Å²) in [5.74, 6) is 0.761. The summed E-state index contributed by atoms with van der Waals surface area (Å²) < 4.78 is 2.13. The summed E-state index contributed by atoms with van der Waals surface area (Å²) in [7, 11) is 0. The predicted octanol–water partition coefficient (Wildman–Crippen LogP) is 4.28. The number of benzene rings is 2. The van der Waals surface area contributed by atoms with E-state index in [1.807, 2.05) is 43.3 Å². The fourth-order valence-electron chi connectivity index (χ4n) is 3.52. The number of rotatable bonds is 4. The number of nitrogens with one attached hydrogen (secondary N) is 1. The van der Waals surface area contributed by atoms with Crippen molar-refractivity contribution in [3.8, 4) is 5.69 Å². The van der Waals surface area contributed by atoms with Crippen molar-refractivity contribution in [2.75, 3.05) is 0 Å². The molecule has 28 heavy (non-hydrogen) atoms. The van der Waals surface area contributed by atoms with Gasteiger partial charge in [0.05, 0.1) is 23.3 Å². The molecule has 5 heteroatoms. The van der Waals surface area contributed by atoms with E-state index < -0.39 is 0 Å². The molecule has 140 valence electrons. The van der Waals surface area contributed by atoms with Crippen LogP contribution in [0, 0.1) is 20.8 Å². The molecule has 0 fully saturated rings. The molecule has 2 aromatic carbocycles. The maximum Gasteiger partial charge on any atom is 0.251 e. The molecule has 0 atom stereocenters. The lowest BCUT2D eigenvalue weighted by molar-refractivity contribution is 0.0950. The topological polar surface area (TPSA) is 59.8 Å². The van der Waals surface area contributed by atoms with Crippen molar-refractivity contribution in [2.24, 2.45) is 0 Å². The van der Waals surface area contributed by atoms with Crippen LogP contribution in [0.25, 0.3) is 16.7 Å². The van der Waals surface area contributed by atoms with Gasteiger partial charge < -0.3 is 5.32 Å². The molecular formula is C23H22N4O. The lowest BCUT2D eigenvalue weighted by Crippen LogP contribution is -2.23. The Hall–Kier alpha value is -3.47. The molecule has 1 N–H and O–H groups in total. The van der Waals surface area contributed by atoms with Crippen LogP contribution in [0.5, 0.6) is 0 Å². The second kappa shape index (κ2) is 7.27. The SMILES string of the molecule is Cc1cc(C)cc(-n2c(C)nc3cc(C(=O)NCc4ccccn4)ccc32)c1. The average molecular weight is 370 g/mol. The van der Waals surface area contributed by atoms with Crippen LogP contribution in [0.1, 0.15) is 33.0 Å². The number of aromatic nitrogens is 3. The Labute approximate surface area is 164 Å². The molecule has 0 unspecified atom stereocenters. The number of carbonyl (C=O) groups is 1. The highest BCUT2D eigenvalue weighted by Crippen LogP contribution is 2.24. The molecule has 0 aliphatic carbocycles. The van der Waals surface area contributed by atoms with Gasteiger partial charge in [-0.25, -0.2) is 4.98 Å². The first-order chi connectivity index (χ1) is 13.5. The van der Waals surface area contributed by atoms with E-state index in [0.717, 1.165) is 28.2 Å². The van der Waals surface area contributed by atoms with E-state index in [1.165, 1.54) is 11.1 Å². The van der Waals surface area contributed by atoms with Crippen molar-refractivity contribution in [1.82, 2.24) is 19.9 Å². The summed E-state index contributed by atoms with van der Waals surface area (Å²) in [6.45, 7) is 6.57. The first-order valence-corrected chi connectivity index (χ1v) is 9.27. The molecule has 4 rings (SSSR count). The summed E-state index contributed by atoms with van der Waals surface area (Å²) in [6, 6.07) is 17.7. The zero-order valence-electron chi connectivity index (χ0n) is 16.2. The van der Waals surface area contributed by atoms with E-state index in [9.17, 15) is 4.79 Å². The van der Waals surface area contributed by atoms with Gasteiger partial charge in [0.15, 0.2) is 0 Å². The van der Waals surface area contributed by atoms with Crippen molar-refractivity contribution in [1.29, 1.82) is 0 Å². The summed E-state index contributed by atoms with van der Waals surface area (Å²) >= 11 is 0. The molecule has 0 spiro atoms. The number of carbonyl (C=O) groups excluding carboxylic acids is 1. The van der Waals surface area contributed by atoms with Crippen LogP contribution in [-0.4, -0.2) is 20.4 Å². The van der Waals surface area contributed by atoms with Crippen LogP contribution in [0.4, 0.5) is 0 Å². The molecule has 1 amide bonds. The first-order valence-electron chi connectivity index (χ1n) is 9.27. The van der Waals surface area contributed by atoms with Gasteiger partial charge in [-0.15, -0.1) is 0 Å². The van der Waals surface area contributed by atoms with Gasteiger partial charge in [0.1, 0.15) is 5.82 Å². The highest BCUT2D eigenvalue weighted by Gasteiger charge is 2.13. The zero-order chi connectivity index (χ0) is 19.7. The number of pyridine rings is 1. The number of aryl methyl sites for hydroxylation is 3. The summed E-state index contributed by atoms with van der Waals surface area (Å²) in [6.07, 6.45) is 1.72. The van der Waals surface area contributed by atoms with Crippen LogP contribution in [-0.2, 0) is 6.54 Å². The highest BCUT2D eigenvalue weighted by molar-refractivity contribution is 5.97. The number of imidazole rings is 1. The van der Waals surface area contributed by atoms with Gasteiger partial charge >= 0.3 is 0 Å². The van der Waals surface area contributed by atoms with Crippen LogP contribution in [0.15, 0.2) is 60.8 Å². The molecule has 0 aliphatic heterocycles. The van der Waals surface area contributed by atoms with Gasteiger partial charge in [0.2, 0.25) is 0 Å². The van der Waals surface area contributed by atoms with E-state index in [4.69, 9.17) is 0 Å². The zero-order valence-corrected chi connectivity index (χ0v) is 16.2. The second-order valence-corrected chi connectivity index (χ2v) is 7.05. The molecule has 0 aliphatic rings. The highest BCUT2D eigenvalue weighted by atomic mass is 16.1. The molecule has 2 heterocycles. The molecule has 2 aromatic heterocycles. The minimum atomic E-state index is -0.133. The Morgan fingerprint density at radius 3 is 2.50 bits per heavy atom. The summed E-state index contributed by atoms with van der Waals surface area (Å²) in [4.78, 5) is 21.4. The first kappa shape index (κ1) is 17.9. The Balaban J connectivity index is 1.64. The molecular weight excluding hydrogens is 348 g/mol. The van der Waals surface area contributed by atoms with Gasteiger partial charge in [-0.1, -0.05) is 12.1 Å². The Morgan fingerprint density at radius 1 is 1.00 bits per heavy atom. The van der Waals surface area contributed by atoms with E-state index in [1.54, 1.807) is 6.20 Å². The second-order valence-electron chi connectivity index (χ2n) is 7.05. The van der Waals surface area contributed by atoms with Gasteiger partial charge in [-0.2, -0.15) is 0 Å². The third-order valence-electron chi connectivity index (χ3n) is 4.71. The van der Waals surface area contributed by atoms with Crippen LogP contribution in [0.2, 0.25) is 0 Å². The third kappa shape index (κ3) is 3.51. The fourth-order valence-corrected chi connectivity index (χ4v) is 3.52. The number of hydrogen-bond acceptors (Lipinski definition) is 3. The van der Waals surface area contributed by atoms with Crippen molar-refractivity contribution in [3.63, 3.8) is 0 Å². The Morgan fingerprint density at radius 2 is 1.79 bits per heavy atom. The van der Waals surface area contributed by atoms with Gasteiger partial charge in [-0.3, -0.25) is 14.3 Å². The standard InChI is InChI=1S/C23H22N4O/c1-15-10-16(2)12-20(11-15)27-17(3)26-21-13-18(7-8-22(21)27)23(28)25-14-19-6-4-5-9-24-19/h4-13H,14H2,1-3H3,(H,25,28). The molecule has 4 aromatic rings. The van der Waals surface area contributed by atoms with Crippen molar-refractivity contribution in [2.45, 2.75) is 27.3 Å². The van der Waals surface area contributed by atoms with Crippen LogP contribution >= 0.6 is 0 Å². The Kier molecular flexibility index (Phi) is 4.65. The molecule has 0 saturated carbocycles. The number of amides is 1. The monoisotopic (exact) mass is 370 g/mol. The average Bonchev–Trinajstić information content (AvgIpc) is 3.01. The molecule has 5 nitrogen and oxygen atoms in total. The number of nitrogens with zero attached hydrogens (tertiary/aromatic N) is 3. The third-order valence-corrected chi connectivity index (χ3v) is 4.71. The lowest BCUT2D eigenvalue weighted by atomic mass is 10.1. The minimum absolute atomic E-state index is 0.133. The number of hydrogen-bond donors (Lipinski definition) is 1. The van der Waals surface area contributed by atoms with Crippen molar-refractivity contribution >= 4 is 16.9 Å². The van der Waals surface area contributed by atoms with Crippen LogP contribution < -0.4 is 5.32 Å². The quantitative estimate of drug-likeness (QED) is 0.583. The predicted molar refractivity (Wildman–Crippen MR) is 111 cm³/mol. The van der Waals surface area contributed by atoms with Gasteiger partial charge in [0.25, 0.3) is 5.91 Å². The molecule has 0 radical (unpaired) electrons. The lowest BCUT2D eigenvalue weighted by Gasteiger charge is -2.10. The van der Waals surface area contributed by atoms with E-state index >= 15 is 0 Å². The van der Waals surface area contributed by atoms with Crippen molar-refractivity contribution in [3.05, 3.63) is 89.0 Å². The molecule has 0 saturated heterocycles. The van der Waals surface area contributed by atoms with Gasteiger partial charge in [-0.05, 0) is 74.4 Å². The summed E-state index contributed by atoms with van der Waals surface area (Å²) in [5, 5.41) is 2.91.